The van der Waals surface area contributed by atoms with Crippen molar-refractivity contribution in [3.05, 3.63) is 0 Å². The summed E-state index contributed by atoms with van der Waals surface area (Å²) in [7, 11) is 0. The summed E-state index contributed by atoms with van der Waals surface area (Å²) in [6, 6.07) is 0. The van der Waals surface area contributed by atoms with E-state index in [1.165, 1.54) is 0 Å². The molecule has 0 heterocycles. The van der Waals surface area contributed by atoms with Gasteiger partial charge in [0.25, 0.3) is 0 Å². The van der Waals surface area contributed by atoms with E-state index in [2.05, 4.69) is 5.32 Å². The Kier molecular flexibility index (Phi) is 7.62. The van der Waals surface area contributed by atoms with Crippen molar-refractivity contribution in [3.63, 3.8) is 0 Å². The van der Waals surface area contributed by atoms with Gasteiger partial charge in [-0.15, -0.1) is 0 Å². The van der Waals surface area contributed by atoms with Crippen molar-refractivity contribution in [1.29, 1.82) is 0 Å². The molecule has 0 fully saturated rings. The summed E-state index contributed by atoms with van der Waals surface area (Å²) in [6.07, 6.45) is -0.0990. The highest BCUT2D eigenvalue weighted by Gasteiger charge is 2.04. The number of ether oxygens (including phenoxy) is 1. The van der Waals surface area contributed by atoms with Crippen LogP contribution < -0.4 is 5.32 Å². The van der Waals surface area contributed by atoms with Crippen molar-refractivity contribution in [1.82, 2.24) is 5.32 Å². The Labute approximate surface area is 89.8 Å². The van der Waals surface area contributed by atoms with Gasteiger partial charge in [0.15, 0.2) is 0 Å². The van der Waals surface area contributed by atoms with Crippen LogP contribution in [0.15, 0.2) is 0 Å². The number of hydrogen-bond acceptors (Lipinski definition) is 3. The minimum atomic E-state index is -0.957. The van der Waals surface area contributed by atoms with E-state index < -0.39 is 5.97 Å². The van der Waals surface area contributed by atoms with Gasteiger partial charge in [-0.3, -0.25) is 9.59 Å². The van der Waals surface area contributed by atoms with Gasteiger partial charge in [0.05, 0.1) is 13.0 Å². The highest BCUT2D eigenvalue weighted by Crippen LogP contribution is 1.91. The average molecular weight is 217 g/mol. The summed E-state index contributed by atoms with van der Waals surface area (Å²) in [4.78, 5) is 21.2. The number of carboxylic acids is 1. The summed E-state index contributed by atoms with van der Waals surface area (Å²) < 4.78 is 5.24. The number of hydrogen-bond donors (Lipinski definition) is 2. The fraction of sp³-hybridized carbons (Fsp3) is 0.800. The summed E-state index contributed by atoms with van der Waals surface area (Å²) >= 11 is 0. The molecule has 5 nitrogen and oxygen atoms in total. The lowest BCUT2D eigenvalue weighted by molar-refractivity contribution is -0.138. The Bertz CT molecular complexity index is 204. The lowest BCUT2D eigenvalue weighted by atomic mass is 10.2. The molecule has 15 heavy (non-hydrogen) atoms. The summed E-state index contributed by atoms with van der Waals surface area (Å²) in [5.74, 6) is -0.723. The molecule has 0 aliphatic carbocycles. The van der Waals surface area contributed by atoms with Crippen LogP contribution in [0.3, 0.4) is 0 Å². The SMILES string of the molecule is CC(C)COCCNC(=O)CCC(=O)O. The van der Waals surface area contributed by atoms with Gasteiger partial charge in [-0.1, -0.05) is 13.8 Å². The van der Waals surface area contributed by atoms with E-state index >= 15 is 0 Å². The van der Waals surface area contributed by atoms with Gasteiger partial charge in [-0.2, -0.15) is 0 Å². The lowest BCUT2D eigenvalue weighted by Gasteiger charge is -2.07. The minimum absolute atomic E-state index is 0.0273. The molecule has 0 saturated carbocycles. The third-order valence-corrected chi connectivity index (χ3v) is 1.59. The first-order valence-corrected chi connectivity index (χ1v) is 5.08. The highest BCUT2D eigenvalue weighted by molar-refractivity contribution is 5.80. The smallest absolute Gasteiger partial charge is 0.303 e. The topological polar surface area (TPSA) is 75.6 Å². The van der Waals surface area contributed by atoms with Crippen LogP contribution >= 0.6 is 0 Å². The lowest BCUT2D eigenvalue weighted by Crippen LogP contribution is -2.27. The Morgan fingerprint density at radius 2 is 2.00 bits per heavy atom. The molecular formula is C10H19NO4. The van der Waals surface area contributed by atoms with Crippen LogP contribution in [0.25, 0.3) is 0 Å². The number of carbonyl (C=O) groups is 2. The first-order chi connectivity index (χ1) is 7.02. The summed E-state index contributed by atoms with van der Waals surface area (Å²) in [5.41, 5.74) is 0. The van der Waals surface area contributed by atoms with E-state index in [9.17, 15) is 9.59 Å². The van der Waals surface area contributed by atoms with Gasteiger partial charge in [0, 0.05) is 19.6 Å². The zero-order chi connectivity index (χ0) is 11.7. The molecule has 1 amide bonds. The predicted molar refractivity (Wildman–Crippen MR) is 55.5 cm³/mol. The van der Waals surface area contributed by atoms with E-state index in [0.29, 0.717) is 25.7 Å². The Hall–Kier alpha value is -1.10. The van der Waals surface area contributed by atoms with Crippen molar-refractivity contribution < 1.29 is 19.4 Å². The van der Waals surface area contributed by atoms with Gasteiger partial charge in [-0.05, 0) is 5.92 Å². The zero-order valence-electron chi connectivity index (χ0n) is 9.28. The van der Waals surface area contributed by atoms with Gasteiger partial charge in [-0.25, -0.2) is 0 Å². The van der Waals surface area contributed by atoms with Crippen molar-refractivity contribution in [3.8, 4) is 0 Å². The van der Waals surface area contributed by atoms with Crippen LogP contribution in [0.4, 0.5) is 0 Å². The monoisotopic (exact) mass is 217 g/mol. The predicted octanol–water partition coefficient (Wildman–Crippen LogP) is 0.640. The summed E-state index contributed by atoms with van der Waals surface area (Å²) in [6.45, 7) is 5.67. The molecule has 0 bridgehead atoms. The molecule has 0 aromatic carbocycles. The average Bonchev–Trinajstić information content (AvgIpc) is 2.13. The number of aliphatic carboxylic acids is 1. The maximum atomic E-state index is 11.0. The van der Waals surface area contributed by atoms with Crippen LogP contribution in [0.1, 0.15) is 26.7 Å². The highest BCUT2D eigenvalue weighted by atomic mass is 16.5. The van der Waals surface area contributed by atoms with Crippen LogP contribution in [-0.2, 0) is 14.3 Å². The molecule has 0 radical (unpaired) electrons. The van der Waals surface area contributed by atoms with Crippen LogP contribution in [-0.4, -0.2) is 36.7 Å². The standard InChI is InChI=1S/C10H19NO4/c1-8(2)7-15-6-5-11-9(12)3-4-10(13)14/h8H,3-7H2,1-2H3,(H,11,12)(H,13,14). The van der Waals surface area contributed by atoms with Gasteiger partial charge < -0.3 is 15.2 Å². The minimum Gasteiger partial charge on any atom is -0.481 e. The van der Waals surface area contributed by atoms with Crippen molar-refractivity contribution in [2.75, 3.05) is 19.8 Å². The van der Waals surface area contributed by atoms with Gasteiger partial charge in [0.1, 0.15) is 0 Å². The zero-order valence-corrected chi connectivity index (χ0v) is 9.28. The molecule has 0 saturated heterocycles. The van der Waals surface area contributed by atoms with E-state index in [1.54, 1.807) is 0 Å². The van der Waals surface area contributed by atoms with Crippen LogP contribution in [0.2, 0.25) is 0 Å². The molecule has 0 aromatic rings. The largest absolute Gasteiger partial charge is 0.481 e. The fourth-order valence-electron chi connectivity index (χ4n) is 0.891. The number of nitrogens with one attached hydrogen (secondary N) is 1. The number of rotatable bonds is 8. The van der Waals surface area contributed by atoms with Crippen molar-refractivity contribution in [2.24, 2.45) is 5.92 Å². The van der Waals surface area contributed by atoms with Crippen LogP contribution in [0, 0.1) is 5.92 Å². The molecule has 2 N–H and O–H groups in total. The second kappa shape index (κ2) is 8.23. The molecule has 0 unspecified atom stereocenters. The van der Waals surface area contributed by atoms with E-state index in [1.807, 2.05) is 13.8 Å². The first kappa shape index (κ1) is 13.9. The Morgan fingerprint density at radius 3 is 2.53 bits per heavy atom. The molecule has 5 heteroatoms. The second-order valence-corrected chi connectivity index (χ2v) is 3.71. The summed E-state index contributed by atoms with van der Waals surface area (Å²) in [5, 5.41) is 10.9. The Balaban J connectivity index is 3.28. The van der Waals surface area contributed by atoms with E-state index in [0.717, 1.165) is 0 Å². The molecule has 0 spiro atoms. The first-order valence-electron chi connectivity index (χ1n) is 5.08. The Morgan fingerprint density at radius 1 is 1.33 bits per heavy atom. The molecule has 88 valence electrons. The molecule has 0 aromatic heterocycles. The van der Waals surface area contributed by atoms with Crippen molar-refractivity contribution in [2.45, 2.75) is 26.7 Å². The number of carboxylic acid groups (broad SMARTS) is 1. The normalized spacial score (nSPS) is 10.3. The number of amides is 1. The molecule has 0 aliphatic rings. The molecular weight excluding hydrogens is 198 g/mol. The van der Waals surface area contributed by atoms with Crippen molar-refractivity contribution >= 4 is 11.9 Å². The third-order valence-electron chi connectivity index (χ3n) is 1.59. The maximum Gasteiger partial charge on any atom is 0.303 e. The van der Waals surface area contributed by atoms with E-state index in [-0.39, 0.29) is 18.7 Å². The fourth-order valence-corrected chi connectivity index (χ4v) is 0.891. The van der Waals surface area contributed by atoms with Crippen LogP contribution in [0.5, 0.6) is 0 Å². The molecule has 0 rings (SSSR count). The quantitative estimate of drug-likeness (QED) is 0.585. The maximum absolute atomic E-state index is 11.0. The molecule has 0 aliphatic heterocycles. The van der Waals surface area contributed by atoms with Gasteiger partial charge >= 0.3 is 5.97 Å². The number of carbonyl (C=O) groups excluding carboxylic acids is 1. The molecule has 0 atom stereocenters. The van der Waals surface area contributed by atoms with Gasteiger partial charge in [0.2, 0.25) is 5.91 Å². The van der Waals surface area contributed by atoms with E-state index in [4.69, 9.17) is 9.84 Å². The third kappa shape index (κ3) is 10.8. The second-order valence-electron chi connectivity index (χ2n) is 3.71.